The maximum Gasteiger partial charge on any atom is 0.243 e. The minimum Gasteiger partial charge on any atom is -0.378 e. The van der Waals surface area contributed by atoms with Crippen LogP contribution in [0.1, 0.15) is 51.4 Å². The number of benzene rings is 1. The highest BCUT2D eigenvalue weighted by Crippen LogP contribution is 2.22. The summed E-state index contributed by atoms with van der Waals surface area (Å²) >= 11 is 0. The third kappa shape index (κ3) is 5.05. The van der Waals surface area contributed by atoms with E-state index in [9.17, 15) is 13.2 Å². The van der Waals surface area contributed by atoms with Crippen LogP contribution >= 0.6 is 0 Å². The highest BCUT2D eigenvalue weighted by molar-refractivity contribution is 7.89. The van der Waals surface area contributed by atoms with Gasteiger partial charge in [-0.3, -0.25) is 4.79 Å². The van der Waals surface area contributed by atoms with Crippen LogP contribution in [0.3, 0.4) is 0 Å². The van der Waals surface area contributed by atoms with Gasteiger partial charge in [-0.2, -0.15) is 4.31 Å². The molecule has 1 aromatic carbocycles. The smallest absolute Gasteiger partial charge is 0.243 e. The zero-order valence-electron chi connectivity index (χ0n) is 15.2. The number of amides is 1. The topological polar surface area (TPSA) is 75.7 Å². The molecule has 7 heteroatoms. The Balaban J connectivity index is 1.52. The van der Waals surface area contributed by atoms with E-state index in [0.717, 1.165) is 45.1 Å². The highest BCUT2D eigenvalue weighted by atomic mass is 32.2. The second-order valence-corrected chi connectivity index (χ2v) is 9.00. The molecule has 3 rings (SSSR count). The van der Waals surface area contributed by atoms with Crippen molar-refractivity contribution in [3.05, 3.63) is 24.3 Å². The summed E-state index contributed by atoms with van der Waals surface area (Å²) in [5.74, 6) is -0.0641. The van der Waals surface area contributed by atoms with Crippen molar-refractivity contribution < 1.29 is 17.9 Å². The zero-order chi connectivity index (χ0) is 18.4. The monoisotopic (exact) mass is 380 g/mol. The molecule has 0 spiro atoms. The van der Waals surface area contributed by atoms with Crippen LogP contribution in [0.5, 0.6) is 0 Å². The molecular weight excluding hydrogens is 352 g/mol. The Hall–Kier alpha value is -1.44. The van der Waals surface area contributed by atoms with Crippen LogP contribution in [0.4, 0.5) is 5.69 Å². The number of anilines is 1. The standard InChI is InChI=1S/C19H28N2O4S/c22-19(12-9-17-6-2-5-15-25-17)20-16-7-10-18(11-8-16)26(23,24)21-13-3-1-4-14-21/h7-8,10-11,17H,1-6,9,12-15H2,(H,20,22). The van der Waals surface area contributed by atoms with Gasteiger partial charge < -0.3 is 10.1 Å². The first kappa shape index (κ1) is 19.3. The third-order valence-corrected chi connectivity index (χ3v) is 6.97. The van der Waals surface area contributed by atoms with E-state index >= 15 is 0 Å². The SMILES string of the molecule is O=C(CCC1CCCCO1)Nc1ccc(S(=O)(=O)N2CCCCC2)cc1. The Labute approximate surface area is 156 Å². The Morgan fingerprint density at radius 2 is 1.81 bits per heavy atom. The first-order valence-electron chi connectivity index (χ1n) is 9.57. The average Bonchev–Trinajstić information content (AvgIpc) is 2.68. The first-order chi connectivity index (χ1) is 12.6. The Morgan fingerprint density at radius 3 is 2.46 bits per heavy atom. The van der Waals surface area contributed by atoms with Crippen LogP contribution in [0, 0.1) is 0 Å². The molecule has 0 bridgehead atoms. The number of nitrogens with one attached hydrogen (secondary N) is 1. The fraction of sp³-hybridized carbons (Fsp3) is 0.632. The summed E-state index contributed by atoms with van der Waals surface area (Å²) in [6.45, 7) is 1.97. The molecule has 1 amide bonds. The number of hydrogen-bond donors (Lipinski definition) is 1. The lowest BCUT2D eigenvalue weighted by molar-refractivity contribution is -0.117. The molecule has 1 unspecified atom stereocenters. The maximum atomic E-state index is 12.6. The van der Waals surface area contributed by atoms with Gasteiger partial charge in [0.25, 0.3) is 0 Å². The summed E-state index contributed by atoms with van der Waals surface area (Å²) in [7, 11) is -3.43. The quantitative estimate of drug-likeness (QED) is 0.823. The molecule has 6 nitrogen and oxygen atoms in total. The van der Waals surface area contributed by atoms with Gasteiger partial charge in [0.2, 0.25) is 15.9 Å². The van der Waals surface area contributed by atoms with Crippen LogP contribution in [0.25, 0.3) is 0 Å². The molecular formula is C19H28N2O4S. The summed E-state index contributed by atoms with van der Waals surface area (Å²) in [5.41, 5.74) is 0.622. The number of sulfonamides is 1. The van der Waals surface area contributed by atoms with Gasteiger partial charge in [-0.15, -0.1) is 0 Å². The number of ether oxygens (including phenoxy) is 1. The minimum atomic E-state index is -3.43. The van der Waals surface area contributed by atoms with Gasteiger partial charge in [0.15, 0.2) is 0 Å². The van der Waals surface area contributed by atoms with Crippen LogP contribution in [0.2, 0.25) is 0 Å². The second kappa shape index (κ2) is 8.97. The van der Waals surface area contributed by atoms with Gasteiger partial charge >= 0.3 is 0 Å². The van der Waals surface area contributed by atoms with E-state index in [0.29, 0.717) is 25.2 Å². The van der Waals surface area contributed by atoms with E-state index in [1.54, 1.807) is 28.6 Å². The van der Waals surface area contributed by atoms with Crippen molar-refractivity contribution >= 4 is 21.6 Å². The molecule has 0 saturated carbocycles. The van der Waals surface area contributed by atoms with E-state index in [4.69, 9.17) is 4.74 Å². The molecule has 0 aliphatic carbocycles. The highest BCUT2D eigenvalue weighted by Gasteiger charge is 2.25. The summed E-state index contributed by atoms with van der Waals surface area (Å²) < 4.78 is 32.4. The van der Waals surface area contributed by atoms with Crippen molar-refractivity contribution in [2.75, 3.05) is 25.0 Å². The fourth-order valence-electron chi connectivity index (χ4n) is 3.52. The van der Waals surface area contributed by atoms with Crippen molar-refractivity contribution in [2.45, 2.75) is 62.4 Å². The number of carbonyl (C=O) groups is 1. The van der Waals surface area contributed by atoms with E-state index in [2.05, 4.69) is 5.32 Å². The molecule has 2 aliphatic heterocycles. The molecule has 144 valence electrons. The van der Waals surface area contributed by atoms with Crippen molar-refractivity contribution in [2.24, 2.45) is 0 Å². The predicted octanol–water partition coefficient (Wildman–Crippen LogP) is 3.15. The molecule has 1 aromatic rings. The lowest BCUT2D eigenvalue weighted by Gasteiger charge is -2.25. The molecule has 1 atom stereocenters. The van der Waals surface area contributed by atoms with Crippen molar-refractivity contribution in [3.8, 4) is 0 Å². The molecule has 2 aliphatic rings. The Bertz CT molecular complexity index is 691. The van der Waals surface area contributed by atoms with Gasteiger partial charge in [0.05, 0.1) is 11.0 Å². The Morgan fingerprint density at radius 1 is 1.08 bits per heavy atom. The summed E-state index contributed by atoms with van der Waals surface area (Å²) in [6, 6.07) is 6.46. The molecule has 2 saturated heterocycles. The van der Waals surface area contributed by atoms with Gasteiger partial charge in [-0.05, 0) is 62.8 Å². The van der Waals surface area contributed by atoms with E-state index in [-0.39, 0.29) is 16.9 Å². The summed E-state index contributed by atoms with van der Waals surface area (Å²) in [4.78, 5) is 12.4. The number of rotatable bonds is 6. The maximum absolute atomic E-state index is 12.6. The normalized spacial score (nSPS) is 22.1. The average molecular weight is 381 g/mol. The van der Waals surface area contributed by atoms with Crippen LogP contribution in [0.15, 0.2) is 29.2 Å². The molecule has 2 heterocycles. The van der Waals surface area contributed by atoms with E-state index in [1.165, 1.54) is 6.42 Å². The fourth-order valence-corrected chi connectivity index (χ4v) is 5.03. The van der Waals surface area contributed by atoms with Crippen LogP contribution < -0.4 is 5.32 Å². The van der Waals surface area contributed by atoms with E-state index < -0.39 is 10.0 Å². The largest absolute Gasteiger partial charge is 0.378 e. The van der Waals surface area contributed by atoms with Crippen LogP contribution in [-0.2, 0) is 19.6 Å². The number of piperidine rings is 1. The summed E-state index contributed by atoms with van der Waals surface area (Å²) in [6.07, 6.45) is 7.54. The summed E-state index contributed by atoms with van der Waals surface area (Å²) in [5, 5.41) is 2.84. The van der Waals surface area contributed by atoms with E-state index in [1.807, 2.05) is 0 Å². The number of nitrogens with zero attached hydrogens (tertiary/aromatic N) is 1. The van der Waals surface area contributed by atoms with Crippen LogP contribution in [-0.4, -0.2) is 44.4 Å². The lowest BCUT2D eigenvalue weighted by atomic mass is 10.0. The van der Waals surface area contributed by atoms with Gasteiger partial charge in [0, 0.05) is 31.8 Å². The van der Waals surface area contributed by atoms with Gasteiger partial charge in [-0.1, -0.05) is 6.42 Å². The molecule has 26 heavy (non-hydrogen) atoms. The van der Waals surface area contributed by atoms with Gasteiger partial charge in [0.1, 0.15) is 0 Å². The first-order valence-corrected chi connectivity index (χ1v) is 11.0. The number of hydrogen-bond acceptors (Lipinski definition) is 4. The number of carbonyl (C=O) groups excluding carboxylic acids is 1. The predicted molar refractivity (Wildman–Crippen MR) is 101 cm³/mol. The second-order valence-electron chi connectivity index (χ2n) is 7.06. The molecule has 2 fully saturated rings. The minimum absolute atomic E-state index is 0.0641. The van der Waals surface area contributed by atoms with Gasteiger partial charge in [-0.25, -0.2) is 8.42 Å². The lowest BCUT2D eigenvalue weighted by Crippen LogP contribution is -2.35. The Kier molecular flexibility index (Phi) is 6.67. The van der Waals surface area contributed by atoms with Crippen molar-refractivity contribution in [1.82, 2.24) is 4.31 Å². The van der Waals surface area contributed by atoms with Crippen molar-refractivity contribution in [1.29, 1.82) is 0 Å². The third-order valence-electron chi connectivity index (χ3n) is 5.06. The molecule has 0 aromatic heterocycles. The molecule has 1 N–H and O–H groups in total. The molecule has 0 radical (unpaired) electrons. The zero-order valence-corrected chi connectivity index (χ0v) is 16.0. The van der Waals surface area contributed by atoms with Crippen molar-refractivity contribution in [3.63, 3.8) is 0 Å².